The third kappa shape index (κ3) is 3.97. The molecule has 0 atom stereocenters. The van der Waals surface area contributed by atoms with Crippen molar-refractivity contribution < 1.29 is 9.53 Å². The predicted molar refractivity (Wildman–Crippen MR) is 94.4 cm³/mol. The topological polar surface area (TPSA) is 64.1 Å². The Hall–Kier alpha value is -2.73. The Morgan fingerprint density at radius 1 is 1.25 bits per heavy atom. The minimum Gasteiger partial charge on any atom is -0.497 e. The summed E-state index contributed by atoms with van der Waals surface area (Å²) in [5.41, 5.74) is 2.50. The van der Waals surface area contributed by atoms with E-state index in [1.165, 1.54) is 11.3 Å². The first-order chi connectivity index (χ1) is 11.8. The number of ether oxygens (including phenoxy) is 1. The highest BCUT2D eigenvalue weighted by Crippen LogP contribution is 2.25. The van der Waals surface area contributed by atoms with E-state index in [1.807, 2.05) is 36.4 Å². The van der Waals surface area contributed by atoms with Crippen LogP contribution in [0.1, 0.15) is 16.1 Å². The summed E-state index contributed by atoms with van der Waals surface area (Å²) >= 11 is 1.45. The van der Waals surface area contributed by atoms with Gasteiger partial charge in [-0.15, -0.1) is 11.3 Å². The van der Waals surface area contributed by atoms with Gasteiger partial charge in [0.2, 0.25) is 0 Å². The van der Waals surface area contributed by atoms with Crippen molar-refractivity contribution in [3.63, 3.8) is 0 Å². The van der Waals surface area contributed by atoms with Crippen molar-refractivity contribution in [2.75, 3.05) is 13.7 Å². The highest BCUT2D eigenvalue weighted by atomic mass is 32.1. The van der Waals surface area contributed by atoms with Crippen molar-refractivity contribution in [3.8, 4) is 16.3 Å². The SMILES string of the molecule is COc1ccc(-c2nc(C(=O)NCCc3cccnc3)cs2)cc1. The first kappa shape index (κ1) is 16.1. The second-order valence-electron chi connectivity index (χ2n) is 5.13. The molecule has 0 bridgehead atoms. The summed E-state index contributed by atoms with van der Waals surface area (Å²) in [6, 6.07) is 11.5. The number of nitrogens with one attached hydrogen (secondary N) is 1. The number of methoxy groups -OCH3 is 1. The fourth-order valence-electron chi connectivity index (χ4n) is 2.20. The highest BCUT2D eigenvalue weighted by molar-refractivity contribution is 7.13. The summed E-state index contributed by atoms with van der Waals surface area (Å²) in [7, 11) is 1.63. The first-order valence-corrected chi connectivity index (χ1v) is 8.41. The number of carbonyl (C=O) groups is 1. The van der Waals surface area contributed by atoms with Crippen LogP contribution in [-0.4, -0.2) is 29.5 Å². The molecule has 2 heterocycles. The van der Waals surface area contributed by atoms with E-state index < -0.39 is 0 Å². The molecule has 5 nitrogen and oxygen atoms in total. The second-order valence-corrected chi connectivity index (χ2v) is 5.99. The molecule has 2 aromatic heterocycles. The summed E-state index contributed by atoms with van der Waals surface area (Å²) < 4.78 is 5.14. The normalized spacial score (nSPS) is 10.4. The van der Waals surface area contributed by atoms with Crippen molar-refractivity contribution in [3.05, 3.63) is 65.4 Å². The van der Waals surface area contributed by atoms with E-state index in [9.17, 15) is 4.79 Å². The smallest absolute Gasteiger partial charge is 0.270 e. The van der Waals surface area contributed by atoms with E-state index in [4.69, 9.17) is 4.74 Å². The molecule has 1 N–H and O–H groups in total. The molecule has 0 aliphatic rings. The first-order valence-electron chi connectivity index (χ1n) is 7.53. The summed E-state index contributed by atoms with van der Waals surface area (Å²) in [6.07, 6.45) is 4.28. The molecule has 122 valence electrons. The molecule has 0 unspecified atom stereocenters. The maximum absolute atomic E-state index is 12.2. The molecule has 0 radical (unpaired) electrons. The van der Waals surface area contributed by atoms with E-state index in [2.05, 4.69) is 15.3 Å². The van der Waals surface area contributed by atoms with Crippen molar-refractivity contribution in [2.24, 2.45) is 0 Å². The van der Waals surface area contributed by atoms with Crippen molar-refractivity contribution in [1.82, 2.24) is 15.3 Å². The fourth-order valence-corrected chi connectivity index (χ4v) is 3.01. The minimum absolute atomic E-state index is 0.157. The zero-order chi connectivity index (χ0) is 16.8. The largest absolute Gasteiger partial charge is 0.497 e. The van der Waals surface area contributed by atoms with Gasteiger partial charge in [0.25, 0.3) is 5.91 Å². The number of benzene rings is 1. The molecular weight excluding hydrogens is 322 g/mol. The number of hydrogen-bond acceptors (Lipinski definition) is 5. The average Bonchev–Trinajstić information content (AvgIpc) is 3.13. The van der Waals surface area contributed by atoms with Crippen LogP contribution in [0.25, 0.3) is 10.6 Å². The standard InChI is InChI=1S/C18H17N3O2S/c1-23-15-6-4-14(5-7-15)18-21-16(12-24-18)17(22)20-10-8-13-3-2-9-19-11-13/h2-7,9,11-12H,8,10H2,1H3,(H,20,22). The lowest BCUT2D eigenvalue weighted by molar-refractivity contribution is 0.0950. The molecule has 6 heteroatoms. The van der Waals surface area contributed by atoms with Crippen LogP contribution in [-0.2, 0) is 6.42 Å². The van der Waals surface area contributed by atoms with Gasteiger partial charge in [-0.3, -0.25) is 9.78 Å². The van der Waals surface area contributed by atoms with Crippen LogP contribution in [0.3, 0.4) is 0 Å². The van der Waals surface area contributed by atoms with E-state index in [0.717, 1.165) is 28.3 Å². The summed E-state index contributed by atoms with van der Waals surface area (Å²) in [5, 5.41) is 5.48. The molecule has 24 heavy (non-hydrogen) atoms. The molecule has 0 saturated heterocycles. The van der Waals surface area contributed by atoms with Crippen LogP contribution in [0.4, 0.5) is 0 Å². The average molecular weight is 339 g/mol. The molecule has 0 aliphatic heterocycles. The Kier molecular flexibility index (Phi) is 5.18. The summed E-state index contributed by atoms with van der Waals surface area (Å²) in [4.78, 5) is 20.6. The third-order valence-electron chi connectivity index (χ3n) is 3.50. The molecule has 0 saturated carbocycles. The highest BCUT2D eigenvalue weighted by Gasteiger charge is 2.11. The number of rotatable bonds is 6. The van der Waals surface area contributed by atoms with E-state index >= 15 is 0 Å². The van der Waals surface area contributed by atoms with Gasteiger partial charge in [-0.1, -0.05) is 6.07 Å². The van der Waals surface area contributed by atoms with Crippen LogP contribution in [0.5, 0.6) is 5.75 Å². The lowest BCUT2D eigenvalue weighted by Crippen LogP contribution is -2.25. The summed E-state index contributed by atoms with van der Waals surface area (Å²) in [5.74, 6) is 0.638. The monoisotopic (exact) mass is 339 g/mol. The molecule has 0 fully saturated rings. The number of thiazole rings is 1. The lowest BCUT2D eigenvalue weighted by Gasteiger charge is -2.03. The van der Waals surface area contributed by atoms with E-state index in [1.54, 1.807) is 24.9 Å². The van der Waals surface area contributed by atoms with Gasteiger partial charge in [0.1, 0.15) is 16.5 Å². The van der Waals surface area contributed by atoms with Crippen LogP contribution < -0.4 is 10.1 Å². The quantitative estimate of drug-likeness (QED) is 0.749. The van der Waals surface area contributed by atoms with E-state index in [-0.39, 0.29) is 5.91 Å². The maximum atomic E-state index is 12.2. The Morgan fingerprint density at radius 2 is 2.08 bits per heavy atom. The third-order valence-corrected chi connectivity index (χ3v) is 4.39. The van der Waals surface area contributed by atoms with Crippen molar-refractivity contribution in [2.45, 2.75) is 6.42 Å². The van der Waals surface area contributed by atoms with Crippen molar-refractivity contribution >= 4 is 17.2 Å². The molecule has 3 aromatic rings. The molecule has 0 aliphatic carbocycles. The lowest BCUT2D eigenvalue weighted by atomic mass is 10.2. The number of aromatic nitrogens is 2. The minimum atomic E-state index is -0.157. The van der Waals surface area contributed by atoms with Crippen LogP contribution in [0.2, 0.25) is 0 Å². The molecule has 0 spiro atoms. The second kappa shape index (κ2) is 7.70. The Morgan fingerprint density at radius 3 is 2.79 bits per heavy atom. The van der Waals surface area contributed by atoms with Gasteiger partial charge in [-0.25, -0.2) is 4.98 Å². The zero-order valence-electron chi connectivity index (χ0n) is 13.2. The number of nitrogens with zero attached hydrogens (tertiary/aromatic N) is 2. The van der Waals surface area contributed by atoms with E-state index in [0.29, 0.717) is 12.2 Å². The number of hydrogen-bond donors (Lipinski definition) is 1. The molecular formula is C18H17N3O2S. The number of amides is 1. The molecule has 3 rings (SSSR count). The van der Waals surface area contributed by atoms with Crippen LogP contribution >= 0.6 is 11.3 Å². The Labute approximate surface area is 144 Å². The van der Waals surface area contributed by atoms with Gasteiger partial charge >= 0.3 is 0 Å². The molecule has 1 amide bonds. The predicted octanol–water partition coefficient (Wildman–Crippen LogP) is 3.19. The Bertz CT molecular complexity index is 801. The fraction of sp³-hybridized carbons (Fsp3) is 0.167. The van der Waals surface area contributed by atoms with Gasteiger partial charge in [-0.05, 0) is 42.3 Å². The van der Waals surface area contributed by atoms with Crippen molar-refractivity contribution in [1.29, 1.82) is 0 Å². The zero-order valence-corrected chi connectivity index (χ0v) is 14.0. The van der Waals surface area contributed by atoms with Gasteiger partial charge in [0, 0.05) is 29.9 Å². The maximum Gasteiger partial charge on any atom is 0.270 e. The Balaban J connectivity index is 1.59. The number of carbonyl (C=O) groups excluding carboxylic acids is 1. The van der Waals surface area contributed by atoms with Gasteiger partial charge in [0.05, 0.1) is 7.11 Å². The van der Waals surface area contributed by atoms with Gasteiger partial charge in [0.15, 0.2) is 0 Å². The van der Waals surface area contributed by atoms with Crippen LogP contribution in [0.15, 0.2) is 54.2 Å². The molecule has 1 aromatic carbocycles. The van der Waals surface area contributed by atoms with Crippen LogP contribution in [0, 0.1) is 0 Å². The van der Waals surface area contributed by atoms with Gasteiger partial charge < -0.3 is 10.1 Å². The van der Waals surface area contributed by atoms with Gasteiger partial charge in [-0.2, -0.15) is 0 Å². The summed E-state index contributed by atoms with van der Waals surface area (Å²) in [6.45, 7) is 0.555. The number of pyridine rings is 1.